The van der Waals surface area contributed by atoms with Crippen molar-refractivity contribution in [2.75, 3.05) is 25.5 Å². The molecule has 5 aromatic rings. The first-order valence-electron chi connectivity index (χ1n) is 16.7. The van der Waals surface area contributed by atoms with Crippen LogP contribution in [-0.4, -0.2) is 55.3 Å². The van der Waals surface area contributed by atoms with Gasteiger partial charge in [0, 0.05) is 42.4 Å². The fourth-order valence-corrected chi connectivity index (χ4v) is 8.01. The number of nitrogens with one attached hydrogen (secondary N) is 1. The van der Waals surface area contributed by atoms with E-state index in [4.69, 9.17) is 32.9 Å². The number of aromatic nitrogens is 4. The van der Waals surface area contributed by atoms with Crippen LogP contribution in [0.3, 0.4) is 0 Å². The first kappa shape index (κ1) is 35.5. The number of carbonyl (C=O) groups is 1. The number of carboxylic acids is 1. The lowest BCUT2D eigenvalue weighted by atomic mass is 9.94. The molecule has 4 heterocycles. The number of alkyl halides is 2. The predicted octanol–water partition coefficient (Wildman–Crippen LogP) is 7.14. The van der Waals surface area contributed by atoms with Gasteiger partial charge >= 0.3 is 11.7 Å². The summed E-state index contributed by atoms with van der Waals surface area (Å²) in [7, 11) is 4.27. The quantitative estimate of drug-likeness (QED) is 0.170. The molecule has 0 radical (unpaired) electrons. The minimum Gasteiger partial charge on any atom is -0.481 e. The summed E-state index contributed by atoms with van der Waals surface area (Å²) < 4.78 is 35.7. The number of likely N-dealkylation sites (tertiary alicyclic amines) is 1. The number of aryl methyl sites for hydroxylation is 2. The molecule has 2 N–H and O–H groups in total. The van der Waals surface area contributed by atoms with E-state index in [1.54, 1.807) is 31.4 Å². The summed E-state index contributed by atoms with van der Waals surface area (Å²) in [6.07, 6.45) is -0.101. The molecule has 15 heteroatoms. The number of methoxy groups -OCH3 is 1. The van der Waals surface area contributed by atoms with Gasteiger partial charge in [0.1, 0.15) is 16.9 Å². The van der Waals surface area contributed by atoms with Crippen LogP contribution in [0.1, 0.15) is 48.6 Å². The number of aliphatic carboxylic acids is 1. The molecule has 0 saturated carbocycles. The molecule has 3 aromatic heterocycles. The number of piperidine rings is 1. The molecule has 0 amide bonds. The van der Waals surface area contributed by atoms with Gasteiger partial charge < -0.3 is 15.2 Å². The zero-order chi connectivity index (χ0) is 37.0. The molecule has 0 bridgehead atoms. The fourth-order valence-electron chi connectivity index (χ4n) is 7.41. The summed E-state index contributed by atoms with van der Waals surface area (Å²) in [4.78, 5) is 48.6. The Bertz CT molecular complexity index is 2370. The number of ether oxygens (including phenoxy) is 1. The van der Waals surface area contributed by atoms with Crippen LogP contribution in [0.5, 0.6) is 5.88 Å². The monoisotopic (exact) mass is 750 g/mol. The standard InChI is InChI=1S/C37H34Cl2F2N6O5/c1-45-27-17-25(32(40)41)43-33(29(27)35(48)46(2)37(45)51)42-23-9-5-7-21(31(23)39)20-6-4-8-22(30(20)38)24-16-19-10-11-26(28(19)34(44-24)52-3)47-14-12-18(13-15-47)36(49)50/h4-9,16-18,26,32H,10-15H2,1-3H3,(H,42,43)(H,49,50)/t26-/m0/s1. The van der Waals surface area contributed by atoms with Crippen LogP contribution in [0.15, 0.2) is 58.1 Å². The van der Waals surface area contributed by atoms with Gasteiger partial charge in [-0.2, -0.15) is 0 Å². The smallest absolute Gasteiger partial charge is 0.330 e. The maximum atomic E-state index is 13.9. The lowest BCUT2D eigenvalue weighted by molar-refractivity contribution is -0.143. The van der Waals surface area contributed by atoms with E-state index in [9.17, 15) is 28.3 Å². The number of fused-ring (bicyclic) bond motifs is 2. The number of carboxylic acid groups (broad SMARTS) is 1. The first-order valence-corrected chi connectivity index (χ1v) is 17.4. The topological polar surface area (TPSA) is 132 Å². The molecule has 270 valence electrons. The molecule has 2 aromatic carbocycles. The van der Waals surface area contributed by atoms with Crippen molar-refractivity contribution in [3.8, 4) is 28.3 Å². The van der Waals surface area contributed by atoms with E-state index >= 15 is 0 Å². The second-order valence-electron chi connectivity index (χ2n) is 13.0. The van der Waals surface area contributed by atoms with Crippen LogP contribution in [-0.2, 0) is 25.3 Å². The predicted molar refractivity (Wildman–Crippen MR) is 195 cm³/mol. The van der Waals surface area contributed by atoms with Crippen molar-refractivity contribution in [1.29, 1.82) is 0 Å². The van der Waals surface area contributed by atoms with Crippen LogP contribution in [0, 0.1) is 5.92 Å². The number of anilines is 2. The largest absolute Gasteiger partial charge is 0.481 e. The number of hydrogen-bond acceptors (Lipinski definition) is 8. The Labute approximate surface area is 306 Å². The van der Waals surface area contributed by atoms with Crippen molar-refractivity contribution in [1.82, 2.24) is 24.0 Å². The Morgan fingerprint density at radius 3 is 2.31 bits per heavy atom. The Balaban J connectivity index is 1.25. The van der Waals surface area contributed by atoms with Crippen molar-refractivity contribution in [2.24, 2.45) is 20.0 Å². The van der Waals surface area contributed by atoms with Crippen LogP contribution in [0.4, 0.5) is 20.3 Å². The zero-order valence-electron chi connectivity index (χ0n) is 28.4. The van der Waals surface area contributed by atoms with E-state index in [-0.39, 0.29) is 39.4 Å². The molecule has 11 nitrogen and oxygen atoms in total. The van der Waals surface area contributed by atoms with Crippen molar-refractivity contribution < 1.29 is 23.4 Å². The van der Waals surface area contributed by atoms with E-state index in [0.29, 0.717) is 59.2 Å². The Kier molecular flexibility index (Phi) is 9.53. The van der Waals surface area contributed by atoms with Gasteiger partial charge in [-0.25, -0.2) is 23.5 Å². The highest BCUT2D eigenvalue weighted by atomic mass is 35.5. The molecule has 1 aliphatic carbocycles. The van der Waals surface area contributed by atoms with Crippen LogP contribution in [0.2, 0.25) is 10.0 Å². The van der Waals surface area contributed by atoms with Crippen LogP contribution < -0.4 is 21.3 Å². The molecule has 1 fully saturated rings. The Morgan fingerprint density at radius 2 is 1.63 bits per heavy atom. The molecule has 52 heavy (non-hydrogen) atoms. The summed E-state index contributed by atoms with van der Waals surface area (Å²) in [5.41, 5.74) is 2.72. The maximum absolute atomic E-state index is 13.9. The molecule has 0 unspecified atom stereocenters. The first-order chi connectivity index (χ1) is 24.9. The molecule has 2 aliphatic rings. The summed E-state index contributed by atoms with van der Waals surface area (Å²) in [5, 5.41) is 12.9. The summed E-state index contributed by atoms with van der Waals surface area (Å²) >= 11 is 14.1. The molecule has 0 spiro atoms. The highest BCUT2D eigenvalue weighted by molar-refractivity contribution is 6.39. The number of hydrogen-bond donors (Lipinski definition) is 2. The number of halogens is 4. The Hall–Kier alpha value is -4.85. The molecule has 7 rings (SSSR count). The maximum Gasteiger partial charge on any atom is 0.330 e. The second-order valence-corrected chi connectivity index (χ2v) is 13.8. The van der Waals surface area contributed by atoms with E-state index < -0.39 is 29.3 Å². The lowest BCUT2D eigenvalue weighted by Gasteiger charge is -2.35. The third kappa shape index (κ3) is 6.10. The van der Waals surface area contributed by atoms with E-state index in [1.807, 2.05) is 18.2 Å². The third-order valence-electron chi connectivity index (χ3n) is 10.2. The Morgan fingerprint density at radius 1 is 0.962 bits per heavy atom. The summed E-state index contributed by atoms with van der Waals surface area (Å²) in [6.45, 7) is 1.38. The molecular weight excluding hydrogens is 717 g/mol. The van der Waals surface area contributed by atoms with Crippen LogP contribution >= 0.6 is 23.2 Å². The van der Waals surface area contributed by atoms with E-state index in [0.717, 1.165) is 39.2 Å². The number of pyridine rings is 2. The van der Waals surface area contributed by atoms with Crippen LogP contribution in [0.25, 0.3) is 33.3 Å². The van der Waals surface area contributed by atoms with E-state index in [2.05, 4.69) is 15.2 Å². The highest BCUT2D eigenvalue weighted by Crippen LogP contribution is 2.46. The minimum atomic E-state index is -2.97. The number of benzene rings is 2. The molecule has 1 aliphatic heterocycles. The van der Waals surface area contributed by atoms with Crippen molar-refractivity contribution >= 4 is 51.6 Å². The van der Waals surface area contributed by atoms with Gasteiger partial charge in [0.05, 0.1) is 40.0 Å². The number of rotatable bonds is 8. The van der Waals surface area contributed by atoms with Gasteiger partial charge in [0.25, 0.3) is 12.0 Å². The summed E-state index contributed by atoms with van der Waals surface area (Å²) in [6, 6.07) is 13.7. The SMILES string of the molecule is COc1nc(-c2cccc(-c3cccc(Nc4nc(C(F)F)cc5c4c(=O)n(C)c(=O)n5C)c3Cl)c2Cl)cc2c1[C@@H](N1CCC(C(=O)O)CC1)CC2. The van der Waals surface area contributed by atoms with E-state index in [1.165, 1.54) is 14.1 Å². The average Bonchev–Trinajstić information content (AvgIpc) is 3.57. The van der Waals surface area contributed by atoms with Gasteiger partial charge in [0.15, 0.2) is 0 Å². The highest BCUT2D eigenvalue weighted by Gasteiger charge is 2.36. The van der Waals surface area contributed by atoms with Gasteiger partial charge in [-0.1, -0.05) is 53.5 Å². The summed E-state index contributed by atoms with van der Waals surface area (Å²) in [5.74, 6) is -0.750. The normalized spacial score (nSPS) is 16.4. The molecule has 1 atom stereocenters. The van der Waals surface area contributed by atoms with Gasteiger partial charge in [-0.3, -0.25) is 23.6 Å². The average molecular weight is 752 g/mol. The van der Waals surface area contributed by atoms with Crippen molar-refractivity contribution in [3.05, 3.63) is 96.2 Å². The fraction of sp³-hybridized carbons (Fsp3) is 0.324. The van der Waals surface area contributed by atoms with Crippen molar-refractivity contribution in [3.63, 3.8) is 0 Å². The van der Waals surface area contributed by atoms with Gasteiger partial charge in [-0.15, -0.1) is 0 Å². The van der Waals surface area contributed by atoms with Crippen molar-refractivity contribution in [2.45, 2.75) is 38.2 Å². The third-order valence-corrected chi connectivity index (χ3v) is 11.0. The molecular formula is C37H34Cl2F2N6O5. The molecule has 1 saturated heterocycles. The second kappa shape index (κ2) is 13.9. The minimum absolute atomic E-state index is 0.00438. The van der Waals surface area contributed by atoms with Gasteiger partial charge in [-0.05, 0) is 62.5 Å². The zero-order valence-corrected chi connectivity index (χ0v) is 29.9. The number of nitrogens with zero attached hydrogens (tertiary/aromatic N) is 5. The van der Waals surface area contributed by atoms with Gasteiger partial charge in [0.2, 0.25) is 5.88 Å². The lowest BCUT2D eigenvalue weighted by Crippen LogP contribution is -2.38.